The summed E-state index contributed by atoms with van der Waals surface area (Å²) in [5.74, 6) is 0.335. The minimum atomic E-state index is -1.17. The lowest BCUT2D eigenvalue weighted by atomic mass is 10.0. The molecule has 10 nitrogen and oxygen atoms in total. The number of aromatic nitrogens is 3. The average molecular weight is 519 g/mol. The second-order valence-electron chi connectivity index (χ2n) is 8.47. The van der Waals surface area contributed by atoms with Gasteiger partial charge in [0.2, 0.25) is 5.28 Å². The van der Waals surface area contributed by atoms with Gasteiger partial charge in [-0.05, 0) is 80.6 Å². The third kappa shape index (κ3) is 8.27. The van der Waals surface area contributed by atoms with Crippen LogP contribution < -0.4 is 16.0 Å². The van der Waals surface area contributed by atoms with Gasteiger partial charge in [-0.25, -0.2) is 14.6 Å². The number of aryl methyl sites for hydroxylation is 2. The van der Waals surface area contributed by atoms with Gasteiger partial charge in [-0.1, -0.05) is 11.6 Å². The molecule has 0 aliphatic heterocycles. The Balaban J connectivity index is 1.85. The highest BCUT2D eigenvalue weighted by atomic mass is 35.5. The van der Waals surface area contributed by atoms with E-state index in [2.05, 4.69) is 30.9 Å². The number of ether oxygens (including phenoxy) is 1. The number of rotatable bonds is 7. The molecule has 0 aliphatic carbocycles. The summed E-state index contributed by atoms with van der Waals surface area (Å²) in [7, 11) is 0. The van der Waals surface area contributed by atoms with Crippen molar-refractivity contribution in [1.82, 2.24) is 15.0 Å². The number of carboxylic acid groups (broad SMARTS) is 1. The molecule has 3 aromatic rings. The molecule has 1 aromatic carbocycles. The van der Waals surface area contributed by atoms with E-state index >= 15 is 0 Å². The number of nitrogens with one attached hydrogen (secondary N) is 3. The first-order valence-corrected chi connectivity index (χ1v) is 11.3. The summed E-state index contributed by atoms with van der Waals surface area (Å²) in [6.45, 7) is 5.34. The molecule has 0 unspecified atom stereocenters. The van der Waals surface area contributed by atoms with Crippen LogP contribution in [0.2, 0.25) is 10.3 Å². The molecule has 0 spiro atoms. The van der Waals surface area contributed by atoms with Crippen molar-refractivity contribution in [2.75, 3.05) is 16.0 Å². The summed E-state index contributed by atoms with van der Waals surface area (Å²) in [4.78, 5) is 35.3. The summed E-state index contributed by atoms with van der Waals surface area (Å²) >= 11 is 12.0. The summed E-state index contributed by atoms with van der Waals surface area (Å²) in [5, 5.41) is 17.4. The number of carbonyl (C=O) groups is 2. The molecule has 0 saturated carbocycles. The second-order valence-corrected chi connectivity index (χ2v) is 9.22. The summed E-state index contributed by atoms with van der Waals surface area (Å²) in [6.07, 6.45) is 3.73. The van der Waals surface area contributed by atoms with Crippen LogP contribution in [-0.2, 0) is 17.6 Å². The van der Waals surface area contributed by atoms with Crippen molar-refractivity contribution in [2.45, 2.75) is 39.2 Å². The SMILES string of the molecule is CC(C)(C)OC(=O)Nc1ccc(Nc2nc(Cl)ncc2Cl)cc1CCc1cncc(NC(=O)O)c1. The Morgan fingerprint density at radius 2 is 1.80 bits per heavy atom. The number of anilines is 4. The van der Waals surface area contributed by atoms with E-state index in [0.717, 1.165) is 11.1 Å². The molecular formula is C23H24Cl2N6O4. The highest BCUT2D eigenvalue weighted by molar-refractivity contribution is 6.33. The molecule has 2 aromatic heterocycles. The topological polar surface area (TPSA) is 138 Å². The van der Waals surface area contributed by atoms with Crippen molar-refractivity contribution >= 4 is 58.3 Å². The first-order chi connectivity index (χ1) is 16.5. The number of amides is 2. The van der Waals surface area contributed by atoms with Gasteiger partial charge in [0.25, 0.3) is 0 Å². The summed E-state index contributed by atoms with van der Waals surface area (Å²) < 4.78 is 5.38. The molecule has 3 rings (SSSR count). The molecule has 184 valence electrons. The Hall–Kier alpha value is -3.63. The zero-order valence-corrected chi connectivity index (χ0v) is 20.7. The zero-order chi connectivity index (χ0) is 25.6. The van der Waals surface area contributed by atoms with Crippen LogP contribution in [0, 0.1) is 0 Å². The Morgan fingerprint density at radius 3 is 2.51 bits per heavy atom. The fourth-order valence-corrected chi connectivity index (χ4v) is 3.35. The molecule has 2 heterocycles. The number of hydrogen-bond donors (Lipinski definition) is 4. The van der Waals surface area contributed by atoms with Crippen molar-refractivity contribution in [1.29, 1.82) is 0 Å². The van der Waals surface area contributed by atoms with E-state index in [4.69, 9.17) is 33.0 Å². The number of pyridine rings is 1. The Bertz CT molecular complexity index is 1230. The maximum Gasteiger partial charge on any atom is 0.412 e. The quantitative estimate of drug-likeness (QED) is 0.273. The van der Waals surface area contributed by atoms with Gasteiger partial charge >= 0.3 is 12.2 Å². The molecule has 12 heteroatoms. The number of nitrogens with zero attached hydrogens (tertiary/aromatic N) is 3. The molecule has 35 heavy (non-hydrogen) atoms. The van der Waals surface area contributed by atoms with Gasteiger partial charge in [0.05, 0.1) is 18.1 Å². The molecular weight excluding hydrogens is 495 g/mol. The van der Waals surface area contributed by atoms with Crippen LogP contribution >= 0.6 is 23.2 Å². The van der Waals surface area contributed by atoms with Crippen LogP contribution in [0.3, 0.4) is 0 Å². The Morgan fingerprint density at radius 1 is 1.03 bits per heavy atom. The highest BCUT2D eigenvalue weighted by Gasteiger charge is 2.18. The lowest BCUT2D eigenvalue weighted by Gasteiger charge is -2.21. The number of halogens is 2. The van der Waals surface area contributed by atoms with Crippen LogP contribution in [0.1, 0.15) is 31.9 Å². The van der Waals surface area contributed by atoms with E-state index in [1.807, 2.05) is 6.07 Å². The molecule has 0 aliphatic rings. The third-order valence-electron chi connectivity index (χ3n) is 4.45. The standard InChI is InChI=1S/C23H24Cl2N6O4/c1-23(2,3)35-22(34)30-18-7-6-15(28-19-17(24)12-27-20(25)31-19)9-14(18)5-4-13-8-16(11-26-10-13)29-21(32)33/h6-12,29H,4-5H2,1-3H3,(H,30,34)(H,32,33)(H,27,28,31). The number of hydrogen-bond acceptors (Lipinski definition) is 7. The smallest absolute Gasteiger partial charge is 0.412 e. The van der Waals surface area contributed by atoms with Crippen molar-refractivity contribution in [3.63, 3.8) is 0 Å². The summed E-state index contributed by atoms with van der Waals surface area (Å²) in [6, 6.07) is 7.03. The van der Waals surface area contributed by atoms with Gasteiger partial charge in [0, 0.05) is 17.6 Å². The van der Waals surface area contributed by atoms with E-state index in [9.17, 15) is 9.59 Å². The normalized spacial score (nSPS) is 11.0. The van der Waals surface area contributed by atoms with E-state index in [1.165, 1.54) is 12.4 Å². The largest absolute Gasteiger partial charge is 0.465 e. The van der Waals surface area contributed by atoms with Gasteiger partial charge in [-0.2, -0.15) is 4.98 Å². The van der Waals surface area contributed by atoms with Crippen LogP contribution in [0.25, 0.3) is 0 Å². The van der Waals surface area contributed by atoms with Crippen molar-refractivity contribution in [3.05, 3.63) is 64.3 Å². The van der Waals surface area contributed by atoms with Gasteiger partial charge in [-0.15, -0.1) is 0 Å². The van der Waals surface area contributed by atoms with Crippen molar-refractivity contribution in [3.8, 4) is 0 Å². The Kier molecular flexibility index (Phi) is 8.31. The van der Waals surface area contributed by atoms with E-state index in [1.54, 1.807) is 45.2 Å². The van der Waals surface area contributed by atoms with Crippen molar-refractivity contribution in [2.24, 2.45) is 0 Å². The van der Waals surface area contributed by atoms with E-state index < -0.39 is 17.8 Å². The van der Waals surface area contributed by atoms with Gasteiger partial charge < -0.3 is 15.2 Å². The average Bonchev–Trinajstić information content (AvgIpc) is 2.75. The van der Waals surface area contributed by atoms with Crippen LogP contribution in [0.4, 0.5) is 32.5 Å². The molecule has 0 radical (unpaired) electrons. The molecule has 4 N–H and O–H groups in total. The first-order valence-electron chi connectivity index (χ1n) is 10.5. The number of benzene rings is 1. The third-order valence-corrected chi connectivity index (χ3v) is 4.91. The second kappa shape index (κ2) is 11.2. The lowest BCUT2D eigenvalue weighted by Crippen LogP contribution is -2.27. The predicted octanol–water partition coefficient (Wildman–Crippen LogP) is 6.14. The highest BCUT2D eigenvalue weighted by Crippen LogP contribution is 2.28. The van der Waals surface area contributed by atoms with E-state index in [0.29, 0.717) is 40.7 Å². The van der Waals surface area contributed by atoms with Crippen molar-refractivity contribution < 1.29 is 19.4 Å². The first kappa shape index (κ1) is 26.0. The number of carbonyl (C=O) groups excluding carboxylic acids is 1. The van der Waals surface area contributed by atoms with Crippen LogP contribution in [0.15, 0.2) is 42.9 Å². The van der Waals surface area contributed by atoms with E-state index in [-0.39, 0.29) is 5.28 Å². The molecule has 0 saturated heterocycles. The molecule has 2 amide bonds. The minimum absolute atomic E-state index is 0.0442. The lowest BCUT2D eigenvalue weighted by molar-refractivity contribution is 0.0635. The zero-order valence-electron chi connectivity index (χ0n) is 19.2. The van der Waals surface area contributed by atoms with Gasteiger partial charge in [0.1, 0.15) is 10.6 Å². The predicted molar refractivity (Wildman–Crippen MR) is 135 cm³/mol. The van der Waals surface area contributed by atoms with Gasteiger partial charge in [-0.3, -0.25) is 15.6 Å². The fraction of sp³-hybridized carbons (Fsp3) is 0.261. The van der Waals surface area contributed by atoms with Gasteiger partial charge in [0.15, 0.2) is 5.82 Å². The summed E-state index contributed by atoms with van der Waals surface area (Å²) in [5.41, 5.74) is 2.53. The minimum Gasteiger partial charge on any atom is -0.465 e. The molecule has 0 fully saturated rings. The molecule has 0 bridgehead atoms. The maximum atomic E-state index is 12.4. The van der Waals surface area contributed by atoms with Crippen LogP contribution in [0.5, 0.6) is 0 Å². The molecule has 0 atom stereocenters. The maximum absolute atomic E-state index is 12.4. The monoisotopic (exact) mass is 518 g/mol. The Labute approximate surface area is 212 Å². The van der Waals surface area contributed by atoms with Crippen LogP contribution in [-0.4, -0.2) is 37.8 Å². The fourth-order valence-electron chi connectivity index (χ4n) is 3.08.